The predicted octanol–water partition coefficient (Wildman–Crippen LogP) is 2.60. The van der Waals surface area contributed by atoms with Crippen LogP contribution in [0.2, 0.25) is 0 Å². The van der Waals surface area contributed by atoms with Crippen LogP contribution >= 0.6 is 0 Å². The molecule has 1 fully saturated rings. The maximum Gasteiger partial charge on any atom is 0.413 e. The van der Waals surface area contributed by atoms with Gasteiger partial charge in [-0.15, -0.1) is 0 Å². The van der Waals surface area contributed by atoms with Crippen molar-refractivity contribution in [3.63, 3.8) is 0 Å². The average molecular weight is 464 g/mol. The lowest BCUT2D eigenvalue weighted by molar-refractivity contribution is 0.0946. The second kappa shape index (κ2) is 9.17. The van der Waals surface area contributed by atoms with E-state index in [4.69, 9.17) is 4.74 Å². The third kappa shape index (κ3) is 4.65. The van der Waals surface area contributed by atoms with E-state index in [0.717, 1.165) is 12.8 Å². The van der Waals surface area contributed by atoms with Crippen LogP contribution in [0.15, 0.2) is 41.6 Å². The van der Waals surface area contributed by atoms with E-state index in [1.807, 2.05) is 6.07 Å². The Labute approximate surface area is 193 Å². The summed E-state index contributed by atoms with van der Waals surface area (Å²) in [6, 6.07) is 6.78. The smallest absolute Gasteiger partial charge is 0.413 e. The van der Waals surface area contributed by atoms with Gasteiger partial charge in [-0.1, -0.05) is 7.43 Å². The number of carbonyl (C=O) groups is 2. The number of aromatic nitrogens is 6. The van der Waals surface area contributed by atoms with E-state index >= 15 is 0 Å². The Morgan fingerprint density at radius 1 is 1.26 bits per heavy atom. The monoisotopic (exact) mass is 464 g/mol. The molecule has 0 bridgehead atoms. The molecular formula is C22H24N8O4. The number of imidazole rings is 2. The molecule has 1 aliphatic carbocycles. The summed E-state index contributed by atoms with van der Waals surface area (Å²) in [5.74, 6) is -0.0243. The second-order valence-corrected chi connectivity index (χ2v) is 7.54. The van der Waals surface area contributed by atoms with Crippen molar-refractivity contribution in [3.8, 4) is 16.9 Å². The summed E-state index contributed by atoms with van der Waals surface area (Å²) in [6.07, 6.45) is 4.51. The van der Waals surface area contributed by atoms with Crippen LogP contribution in [0.25, 0.3) is 28.0 Å². The molecule has 0 unspecified atom stereocenters. The first kappa shape index (κ1) is 22.7. The highest BCUT2D eigenvalue weighted by Gasteiger charge is 2.25. The normalized spacial score (nSPS) is 12.7. The van der Waals surface area contributed by atoms with Crippen molar-refractivity contribution in [2.24, 2.45) is 0 Å². The Bertz CT molecular complexity index is 1400. The molecule has 0 atom stereocenters. The zero-order valence-electron chi connectivity index (χ0n) is 17.6. The van der Waals surface area contributed by atoms with Gasteiger partial charge in [-0.3, -0.25) is 14.9 Å². The fourth-order valence-corrected chi connectivity index (χ4v) is 3.33. The van der Waals surface area contributed by atoms with Crippen LogP contribution in [-0.2, 0) is 4.74 Å². The Kier molecular flexibility index (Phi) is 6.13. The number of H-pyrrole nitrogens is 2. The molecule has 2 amide bonds. The standard InChI is InChI=1S/C21H20N8O4.CH4/c1-2-33-21(32)26-20-24-15-8-12(29-9-16(22-10-29)19(31)23-11-3-4-11)7-13(18(15)25-20)14-5-6-17(30)28-27-14;/h5-11H,2-4H2,1H3,(H,23,31)(H,28,30)(H2,24,25,26,32);1H4. The lowest BCUT2D eigenvalue weighted by atomic mass is 10.1. The summed E-state index contributed by atoms with van der Waals surface area (Å²) in [4.78, 5) is 47.4. The van der Waals surface area contributed by atoms with Gasteiger partial charge in [0.05, 0.1) is 17.8 Å². The average Bonchev–Trinajstić information content (AvgIpc) is 3.30. The van der Waals surface area contributed by atoms with Crippen molar-refractivity contribution in [2.75, 3.05) is 11.9 Å². The van der Waals surface area contributed by atoms with Crippen LogP contribution in [-0.4, -0.2) is 54.4 Å². The number of hydrogen-bond acceptors (Lipinski definition) is 7. The summed E-state index contributed by atoms with van der Waals surface area (Å²) >= 11 is 0. The first-order valence-electron chi connectivity index (χ1n) is 10.4. The minimum absolute atomic E-state index is 0. The molecule has 176 valence electrons. The van der Waals surface area contributed by atoms with Gasteiger partial charge in [-0.25, -0.2) is 19.9 Å². The molecule has 5 rings (SSSR count). The van der Waals surface area contributed by atoms with Gasteiger partial charge in [0.15, 0.2) is 0 Å². The van der Waals surface area contributed by atoms with Crippen LogP contribution in [0.4, 0.5) is 10.7 Å². The van der Waals surface area contributed by atoms with Crippen LogP contribution < -0.4 is 16.2 Å². The number of rotatable bonds is 6. The van der Waals surface area contributed by atoms with E-state index in [2.05, 4.69) is 35.8 Å². The third-order valence-electron chi connectivity index (χ3n) is 5.05. The second-order valence-electron chi connectivity index (χ2n) is 7.54. The maximum absolute atomic E-state index is 12.3. The highest BCUT2D eigenvalue weighted by atomic mass is 16.5. The van der Waals surface area contributed by atoms with E-state index < -0.39 is 6.09 Å². The Hall–Kier alpha value is -4.48. The fraction of sp³-hybridized carbons (Fsp3) is 0.273. The van der Waals surface area contributed by atoms with Crippen LogP contribution in [0.5, 0.6) is 0 Å². The first-order valence-corrected chi connectivity index (χ1v) is 10.4. The highest BCUT2D eigenvalue weighted by Crippen LogP contribution is 2.30. The molecule has 1 saturated carbocycles. The lowest BCUT2D eigenvalue weighted by Gasteiger charge is -2.07. The van der Waals surface area contributed by atoms with E-state index in [9.17, 15) is 14.4 Å². The van der Waals surface area contributed by atoms with E-state index in [1.54, 1.807) is 36.1 Å². The van der Waals surface area contributed by atoms with Crippen molar-refractivity contribution < 1.29 is 14.3 Å². The molecule has 1 aliphatic rings. The number of anilines is 1. The van der Waals surface area contributed by atoms with Gasteiger partial charge < -0.3 is 19.6 Å². The largest absolute Gasteiger partial charge is 0.450 e. The Morgan fingerprint density at radius 2 is 2.09 bits per heavy atom. The highest BCUT2D eigenvalue weighted by molar-refractivity contribution is 5.96. The third-order valence-corrected chi connectivity index (χ3v) is 5.05. The van der Waals surface area contributed by atoms with Gasteiger partial charge in [0.1, 0.15) is 17.5 Å². The van der Waals surface area contributed by atoms with Crippen LogP contribution in [0.1, 0.15) is 37.7 Å². The van der Waals surface area contributed by atoms with Crippen molar-refractivity contribution >= 4 is 29.0 Å². The molecule has 0 saturated heterocycles. The molecule has 0 radical (unpaired) electrons. The summed E-state index contributed by atoms with van der Waals surface area (Å²) in [5.41, 5.74) is 2.84. The van der Waals surface area contributed by atoms with Gasteiger partial charge in [0, 0.05) is 29.6 Å². The molecule has 1 aromatic carbocycles. The molecule has 3 aromatic heterocycles. The predicted molar refractivity (Wildman–Crippen MR) is 125 cm³/mol. The molecule has 4 aromatic rings. The van der Waals surface area contributed by atoms with E-state index in [1.165, 1.54) is 6.07 Å². The number of nitrogens with one attached hydrogen (secondary N) is 4. The van der Waals surface area contributed by atoms with E-state index in [-0.39, 0.29) is 37.5 Å². The summed E-state index contributed by atoms with van der Waals surface area (Å²) in [6.45, 7) is 1.93. The van der Waals surface area contributed by atoms with Gasteiger partial charge in [0.2, 0.25) is 5.95 Å². The van der Waals surface area contributed by atoms with Gasteiger partial charge >= 0.3 is 6.09 Å². The molecular weight excluding hydrogens is 440 g/mol. The SMILES string of the molecule is C.CCOC(=O)Nc1nc2c(-c3ccc(=O)[nH]n3)cc(-n3cnc(C(=O)NC4CC4)c3)cc2[nH]1. The molecule has 3 heterocycles. The maximum atomic E-state index is 12.3. The quantitative estimate of drug-likeness (QED) is 0.341. The van der Waals surface area contributed by atoms with Gasteiger partial charge in [-0.2, -0.15) is 5.10 Å². The Balaban J connectivity index is 0.00000274. The number of amides is 2. The summed E-state index contributed by atoms with van der Waals surface area (Å²) in [5, 5.41) is 12.0. The number of fused-ring (bicyclic) bond motifs is 1. The van der Waals surface area contributed by atoms with Crippen LogP contribution in [0.3, 0.4) is 0 Å². The minimum Gasteiger partial charge on any atom is -0.450 e. The fourth-order valence-electron chi connectivity index (χ4n) is 3.33. The number of nitrogens with zero attached hydrogens (tertiary/aromatic N) is 4. The van der Waals surface area contributed by atoms with Crippen molar-refractivity contribution in [2.45, 2.75) is 33.2 Å². The number of hydrogen-bond donors (Lipinski definition) is 4. The number of benzene rings is 1. The van der Waals surface area contributed by atoms with Crippen molar-refractivity contribution in [1.82, 2.24) is 35.0 Å². The minimum atomic E-state index is -0.638. The number of ether oxygens (including phenoxy) is 1. The zero-order valence-corrected chi connectivity index (χ0v) is 17.6. The molecule has 12 heteroatoms. The molecule has 4 N–H and O–H groups in total. The van der Waals surface area contributed by atoms with Gasteiger partial charge in [-0.05, 0) is 38.0 Å². The summed E-state index contributed by atoms with van der Waals surface area (Å²) < 4.78 is 6.61. The molecule has 12 nitrogen and oxygen atoms in total. The van der Waals surface area contributed by atoms with Crippen molar-refractivity contribution in [3.05, 3.63) is 52.8 Å². The van der Waals surface area contributed by atoms with Crippen LogP contribution in [0, 0.1) is 0 Å². The lowest BCUT2D eigenvalue weighted by Crippen LogP contribution is -2.25. The molecule has 34 heavy (non-hydrogen) atoms. The number of aromatic amines is 2. The van der Waals surface area contributed by atoms with E-state index in [0.29, 0.717) is 33.7 Å². The molecule has 0 spiro atoms. The topological polar surface area (TPSA) is 160 Å². The van der Waals surface area contributed by atoms with Gasteiger partial charge in [0.25, 0.3) is 11.5 Å². The zero-order chi connectivity index (χ0) is 22.9. The summed E-state index contributed by atoms with van der Waals surface area (Å²) in [7, 11) is 0. The van der Waals surface area contributed by atoms with Crippen molar-refractivity contribution in [1.29, 1.82) is 0 Å². The Morgan fingerprint density at radius 3 is 2.79 bits per heavy atom. The molecule has 0 aliphatic heterocycles. The first-order chi connectivity index (χ1) is 16.0. The number of carbonyl (C=O) groups excluding carboxylic acids is 2.